The van der Waals surface area contributed by atoms with E-state index < -0.39 is 0 Å². The van der Waals surface area contributed by atoms with Crippen LogP contribution in [0.4, 0.5) is 0 Å². The van der Waals surface area contributed by atoms with Crippen LogP contribution in [0.15, 0.2) is 6.07 Å². The largest absolute Gasteiger partial charge is 0.395 e. The van der Waals surface area contributed by atoms with E-state index in [1.165, 1.54) is 16.9 Å². The maximum absolute atomic E-state index is 12.5. The quantitative estimate of drug-likeness (QED) is 0.873. The highest BCUT2D eigenvalue weighted by Crippen LogP contribution is 2.32. The first kappa shape index (κ1) is 15.5. The first-order valence-corrected chi connectivity index (χ1v) is 7.98. The Bertz CT molecular complexity index is 458. The minimum Gasteiger partial charge on any atom is -0.395 e. The van der Waals surface area contributed by atoms with Crippen LogP contribution < -0.4 is 0 Å². The molecule has 0 spiro atoms. The van der Waals surface area contributed by atoms with E-state index in [0.717, 1.165) is 17.7 Å². The average Bonchev–Trinajstić information content (AvgIpc) is 2.85. The van der Waals surface area contributed by atoms with Crippen molar-refractivity contribution in [2.24, 2.45) is 5.92 Å². The van der Waals surface area contributed by atoms with Gasteiger partial charge in [-0.1, -0.05) is 6.92 Å². The van der Waals surface area contributed by atoms with Crippen LogP contribution in [0.3, 0.4) is 0 Å². The second-order valence-corrected chi connectivity index (χ2v) is 6.55. The smallest absolute Gasteiger partial charge is 0.264 e. The number of hydrogen-bond donors (Lipinski definition) is 1. The first-order valence-electron chi connectivity index (χ1n) is 7.16. The first-order chi connectivity index (χ1) is 9.65. The van der Waals surface area contributed by atoms with Crippen molar-refractivity contribution in [1.82, 2.24) is 4.90 Å². The Labute approximate surface area is 124 Å². The van der Waals surface area contributed by atoms with Gasteiger partial charge in [0, 0.05) is 25.1 Å². The second-order valence-electron chi connectivity index (χ2n) is 5.42. The van der Waals surface area contributed by atoms with E-state index in [1.807, 2.05) is 0 Å². The summed E-state index contributed by atoms with van der Waals surface area (Å²) in [6, 6.07) is 2.05. The van der Waals surface area contributed by atoms with E-state index in [-0.39, 0.29) is 12.5 Å². The summed E-state index contributed by atoms with van der Waals surface area (Å²) in [5.74, 6) is 0.727. The molecule has 1 N–H and O–H groups in total. The van der Waals surface area contributed by atoms with Gasteiger partial charge in [0.2, 0.25) is 0 Å². The van der Waals surface area contributed by atoms with Crippen molar-refractivity contribution in [3.8, 4) is 0 Å². The fraction of sp³-hybridized carbons (Fsp3) is 0.667. The number of thiophene rings is 1. The lowest BCUT2D eigenvalue weighted by atomic mass is 9.90. The molecule has 112 valence electrons. The molecule has 1 heterocycles. The minimum atomic E-state index is -0.0163. The molecule has 0 saturated heterocycles. The van der Waals surface area contributed by atoms with Crippen molar-refractivity contribution in [2.45, 2.75) is 26.2 Å². The van der Waals surface area contributed by atoms with Crippen LogP contribution in [0, 0.1) is 5.92 Å². The fourth-order valence-corrected chi connectivity index (χ4v) is 3.78. The zero-order valence-electron chi connectivity index (χ0n) is 12.2. The van der Waals surface area contributed by atoms with Crippen LogP contribution in [0.1, 0.15) is 33.5 Å². The van der Waals surface area contributed by atoms with E-state index >= 15 is 0 Å². The van der Waals surface area contributed by atoms with Crippen molar-refractivity contribution >= 4 is 17.2 Å². The molecule has 0 aromatic carbocycles. The van der Waals surface area contributed by atoms with Gasteiger partial charge in [0.15, 0.2) is 0 Å². The summed E-state index contributed by atoms with van der Waals surface area (Å²) in [7, 11) is 1.62. The number of carbonyl (C=O) groups excluding carboxylic acids is 1. The normalized spacial score (nSPS) is 17.9. The molecule has 5 heteroatoms. The van der Waals surface area contributed by atoms with E-state index in [1.54, 1.807) is 23.3 Å². The predicted octanol–water partition coefficient (Wildman–Crippen LogP) is 1.95. The monoisotopic (exact) mass is 297 g/mol. The Morgan fingerprint density at radius 2 is 2.35 bits per heavy atom. The predicted molar refractivity (Wildman–Crippen MR) is 80.4 cm³/mol. The number of methoxy groups -OCH3 is 1. The Hall–Kier alpha value is -0.910. The summed E-state index contributed by atoms with van der Waals surface area (Å²) in [5, 5.41) is 9.10. The van der Waals surface area contributed by atoms with Crippen LogP contribution in [0.25, 0.3) is 0 Å². The molecule has 0 radical (unpaired) electrons. The van der Waals surface area contributed by atoms with Gasteiger partial charge < -0.3 is 14.7 Å². The third-order valence-electron chi connectivity index (χ3n) is 3.76. The van der Waals surface area contributed by atoms with Crippen molar-refractivity contribution in [2.75, 3.05) is 33.4 Å². The van der Waals surface area contributed by atoms with Gasteiger partial charge in [-0.3, -0.25) is 4.79 Å². The van der Waals surface area contributed by atoms with Crippen LogP contribution in [0.5, 0.6) is 0 Å². The summed E-state index contributed by atoms with van der Waals surface area (Å²) in [4.78, 5) is 16.3. The molecule has 1 atom stereocenters. The SMILES string of the molecule is COCCN(CCO)C(=O)c1cc2c(s1)CCC(C)C2. The van der Waals surface area contributed by atoms with Crippen molar-refractivity contribution in [3.63, 3.8) is 0 Å². The minimum absolute atomic E-state index is 0.0163. The maximum atomic E-state index is 12.5. The number of amides is 1. The van der Waals surface area contributed by atoms with Crippen molar-refractivity contribution in [3.05, 3.63) is 21.4 Å². The summed E-state index contributed by atoms with van der Waals surface area (Å²) >= 11 is 1.62. The van der Waals surface area contributed by atoms with Crippen LogP contribution in [-0.2, 0) is 17.6 Å². The lowest BCUT2D eigenvalue weighted by Crippen LogP contribution is -2.35. The van der Waals surface area contributed by atoms with E-state index in [9.17, 15) is 4.79 Å². The molecule has 1 aliphatic rings. The molecular weight excluding hydrogens is 274 g/mol. The number of fused-ring (bicyclic) bond motifs is 1. The summed E-state index contributed by atoms with van der Waals surface area (Å²) < 4.78 is 5.03. The van der Waals surface area contributed by atoms with Crippen molar-refractivity contribution in [1.29, 1.82) is 0 Å². The van der Waals surface area contributed by atoms with Crippen molar-refractivity contribution < 1.29 is 14.6 Å². The highest BCUT2D eigenvalue weighted by Gasteiger charge is 2.23. The Morgan fingerprint density at radius 3 is 3.05 bits per heavy atom. The maximum Gasteiger partial charge on any atom is 0.264 e. The molecule has 0 saturated carbocycles. The molecule has 1 aromatic heterocycles. The second kappa shape index (κ2) is 7.20. The topological polar surface area (TPSA) is 49.8 Å². The molecule has 4 nitrogen and oxygen atoms in total. The van der Waals surface area contributed by atoms with Crippen LogP contribution in [0.2, 0.25) is 0 Å². The summed E-state index contributed by atoms with van der Waals surface area (Å²) in [6.07, 6.45) is 3.38. The Balaban J connectivity index is 2.10. The number of ether oxygens (including phenoxy) is 1. The van der Waals surface area contributed by atoms with E-state index in [0.29, 0.717) is 25.6 Å². The average molecular weight is 297 g/mol. The van der Waals surface area contributed by atoms with Gasteiger partial charge in [0.25, 0.3) is 5.91 Å². The highest BCUT2D eigenvalue weighted by atomic mass is 32.1. The van der Waals surface area contributed by atoms with Gasteiger partial charge in [-0.2, -0.15) is 0 Å². The molecule has 0 bridgehead atoms. The molecule has 1 unspecified atom stereocenters. The Kier molecular flexibility index (Phi) is 5.57. The van der Waals surface area contributed by atoms with Gasteiger partial charge in [-0.05, 0) is 36.8 Å². The Morgan fingerprint density at radius 1 is 1.55 bits per heavy atom. The van der Waals surface area contributed by atoms with Gasteiger partial charge in [0.05, 0.1) is 18.1 Å². The third kappa shape index (κ3) is 3.59. The highest BCUT2D eigenvalue weighted by molar-refractivity contribution is 7.14. The molecule has 1 aromatic rings. The van der Waals surface area contributed by atoms with Gasteiger partial charge in [0.1, 0.15) is 0 Å². The van der Waals surface area contributed by atoms with Gasteiger partial charge in [-0.25, -0.2) is 0 Å². The molecule has 1 amide bonds. The standard InChI is InChI=1S/C15H23NO3S/c1-11-3-4-13-12(9-11)10-14(20-13)15(18)16(5-7-17)6-8-19-2/h10-11,17H,3-9H2,1-2H3. The lowest BCUT2D eigenvalue weighted by molar-refractivity contribution is 0.0661. The fourth-order valence-electron chi connectivity index (χ4n) is 2.60. The van der Waals surface area contributed by atoms with E-state index in [4.69, 9.17) is 9.84 Å². The lowest BCUT2D eigenvalue weighted by Gasteiger charge is -2.20. The summed E-state index contributed by atoms with van der Waals surface area (Å²) in [6.45, 7) is 3.63. The molecule has 0 aliphatic heterocycles. The number of aryl methyl sites for hydroxylation is 1. The number of carbonyl (C=O) groups is 1. The molecular formula is C15H23NO3S. The van der Waals surface area contributed by atoms with Crippen LogP contribution in [-0.4, -0.2) is 49.3 Å². The summed E-state index contributed by atoms with van der Waals surface area (Å²) in [5.41, 5.74) is 1.34. The third-order valence-corrected chi connectivity index (χ3v) is 4.99. The number of aliphatic hydroxyl groups is 1. The number of nitrogens with zero attached hydrogens (tertiary/aromatic N) is 1. The molecule has 20 heavy (non-hydrogen) atoms. The zero-order valence-corrected chi connectivity index (χ0v) is 13.0. The number of aliphatic hydroxyl groups excluding tert-OH is 1. The zero-order chi connectivity index (χ0) is 14.5. The van der Waals surface area contributed by atoms with E-state index in [2.05, 4.69) is 13.0 Å². The number of rotatable bonds is 6. The number of hydrogen-bond acceptors (Lipinski definition) is 4. The molecule has 1 aliphatic carbocycles. The molecule has 2 rings (SSSR count). The van der Waals surface area contributed by atoms with Crippen LogP contribution >= 0.6 is 11.3 Å². The van der Waals surface area contributed by atoms with Gasteiger partial charge >= 0.3 is 0 Å². The molecule has 0 fully saturated rings. The van der Waals surface area contributed by atoms with Gasteiger partial charge in [-0.15, -0.1) is 11.3 Å².